The van der Waals surface area contributed by atoms with Crippen molar-refractivity contribution in [2.24, 2.45) is 0 Å². The van der Waals surface area contributed by atoms with Crippen LogP contribution in [0.1, 0.15) is 21.5 Å². The predicted molar refractivity (Wildman–Crippen MR) is 70.2 cm³/mol. The van der Waals surface area contributed by atoms with Crippen molar-refractivity contribution in [3.63, 3.8) is 0 Å². The normalized spacial score (nSPS) is 9.74. The molecule has 0 bridgehead atoms. The maximum atomic E-state index is 13.8. The minimum atomic E-state index is -0.520. The molecule has 4 heteroatoms. The molecule has 0 saturated heterocycles. The van der Waals surface area contributed by atoms with E-state index in [0.717, 1.165) is 0 Å². The Balaban J connectivity index is 2.21. The summed E-state index contributed by atoms with van der Waals surface area (Å²) < 4.78 is 13.8. The fourth-order valence-electron chi connectivity index (χ4n) is 1.65. The molecule has 0 fully saturated rings. The molecule has 0 spiro atoms. The van der Waals surface area contributed by atoms with Crippen LogP contribution in [0.25, 0.3) is 0 Å². The Bertz CT molecular complexity index is 657. The Labute approximate surface area is 110 Å². The number of nitriles is 1. The molecule has 0 heterocycles. The van der Waals surface area contributed by atoms with Gasteiger partial charge in [-0.15, -0.1) is 0 Å². The molecule has 2 rings (SSSR count). The molecule has 0 aliphatic carbocycles. The van der Waals surface area contributed by atoms with Gasteiger partial charge in [-0.1, -0.05) is 12.1 Å². The number of nitrogens with zero attached hydrogens (tertiary/aromatic N) is 1. The van der Waals surface area contributed by atoms with Gasteiger partial charge >= 0.3 is 0 Å². The zero-order valence-corrected chi connectivity index (χ0v) is 10.3. The third-order valence-electron chi connectivity index (χ3n) is 2.71. The summed E-state index contributed by atoms with van der Waals surface area (Å²) in [5.74, 6) is -1.03. The largest absolute Gasteiger partial charge is 0.322 e. The highest BCUT2D eigenvalue weighted by atomic mass is 19.1. The molecule has 1 N–H and O–H groups in total. The summed E-state index contributed by atoms with van der Waals surface area (Å²) in [5.41, 5.74) is 1.45. The summed E-state index contributed by atoms with van der Waals surface area (Å²) in [6.07, 6.45) is 0. The van der Waals surface area contributed by atoms with E-state index >= 15 is 0 Å². The first-order valence-corrected chi connectivity index (χ1v) is 5.68. The van der Waals surface area contributed by atoms with Gasteiger partial charge in [0.2, 0.25) is 0 Å². The third kappa shape index (κ3) is 2.78. The minimum Gasteiger partial charge on any atom is -0.322 e. The number of hydrogen-bond acceptors (Lipinski definition) is 2. The Morgan fingerprint density at radius 2 is 1.89 bits per heavy atom. The number of benzene rings is 2. The van der Waals surface area contributed by atoms with Crippen molar-refractivity contribution in [3.05, 3.63) is 65.0 Å². The highest BCUT2D eigenvalue weighted by Gasteiger charge is 2.13. The zero-order valence-electron chi connectivity index (χ0n) is 10.3. The molecule has 0 atom stereocenters. The van der Waals surface area contributed by atoms with Crippen LogP contribution in [0.5, 0.6) is 0 Å². The van der Waals surface area contributed by atoms with Gasteiger partial charge in [-0.05, 0) is 42.8 Å². The highest BCUT2D eigenvalue weighted by Crippen LogP contribution is 2.15. The number of aryl methyl sites for hydroxylation is 1. The topological polar surface area (TPSA) is 52.9 Å². The van der Waals surface area contributed by atoms with Gasteiger partial charge in [-0.3, -0.25) is 4.79 Å². The van der Waals surface area contributed by atoms with Crippen molar-refractivity contribution in [2.45, 2.75) is 6.92 Å². The van der Waals surface area contributed by atoms with Crippen LogP contribution in [-0.4, -0.2) is 5.91 Å². The van der Waals surface area contributed by atoms with Crippen molar-refractivity contribution in [1.82, 2.24) is 0 Å². The van der Waals surface area contributed by atoms with Crippen LogP contribution in [0, 0.1) is 24.1 Å². The lowest BCUT2D eigenvalue weighted by molar-refractivity contribution is 0.102. The summed E-state index contributed by atoms with van der Waals surface area (Å²) in [7, 11) is 0. The first-order chi connectivity index (χ1) is 9.11. The van der Waals surface area contributed by atoms with Crippen molar-refractivity contribution in [2.75, 3.05) is 5.32 Å². The number of amides is 1. The average molecular weight is 254 g/mol. The van der Waals surface area contributed by atoms with Gasteiger partial charge < -0.3 is 5.32 Å². The van der Waals surface area contributed by atoms with Gasteiger partial charge in [-0.25, -0.2) is 4.39 Å². The molecule has 0 aromatic heterocycles. The first-order valence-electron chi connectivity index (χ1n) is 5.68. The highest BCUT2D eigenvalue weighted by molar-refractivity contribution is 6.04. The molecule has 0 aliphatic heterocycles. The summed E-state index contributed by atoms with van der Waals surface area (Å²) >= 11 is 0. The van der Waals surface area contributed by atoms with Gasteiger partial charge in [0.25, 0.3) is 5.91 Å². The van der Waals surface area contributed by atoms with E-state index in [4.69, 9.17) is 5.26 Å². The van der Waals surface area contributed by atoms with E-state index in [9.17, 15) is 9.18 Å². The quantitative estimate of drug-likeness (QED) is 0.894. The number of rotatable bonds is 2. The van der Waals surface area contributed by atoms with Crippen LogP contribution in [0.2, 0.25) is 0 Å². The second kappa shape index (κ2) is 5.32. The fraction of sp³-hybridized carbons (Fsp3) is 0.0667. The maximum absolute atomic E-state index is 13.8. The standard InChI is InChI=1S/C15H11FN2O/c1-10-3-2-4-13(14(10)16)15(19)18-12-7-5-11(9-17)6-8-12/h2-8H,1H3,(H,18,19). The van der Waals surface area contributed by atoms with Crippen molar-refractivity contribution < 1.29 is 9.18 Å². The van der Waals surface area contributed by atoms with E-state index in [1.165, 1.54) is 6.07 Å². The lowest BCUT2D eigenvalue weighted by Gasteiger charge is -2.07. The van der Waals surface area contributed by atoms with Crippen LogP contribution in [0.3, 0.4) is 0 Å². The molecule has 0 aliphatic rings. The second-order valence-electron chi connectivity index (χ2n) is 4.08. The van der Waals surface area contributed by atoms with Crippen molar-refractivity contribution in [1.29, 1.82) is 5.26 Å². The summed E-state index contributed by atoms with van der Waals surface area (Å²) in [6.45, 7) is 1.60. The molecular weight excluding hydrogens is 243 g/mol. The fourth-order valence-corrected chi connectivity index (χ4v) is 1.65. The number of carbonyl (C=O) groups is 1. The van der Waals surface area contributed by atoms with E-state index in [1.54, 1.807) is 43.3 Å². The lowest BCUT2D eigenvalue weighted by atomic mass is 10.1. The number of nitrogens with one attached hydrogen (secondary N) is 1. The van der Waals surface area contributed by atoms with Gasteiger partial charge in [0.1, 0.15) is 5.82 Å². The number of halogens is 1. The molecule has 1 amide bonds. The Morgan fingerprint density at radius 1 is 1.21 bits per heavy atom. The molecule has 0 saturated carbocycles. The predicted octanol–water partition coefficient (Wildman–Crippen LogP) is 3.26. The van der Waals surface area contributed by atoms with Crippen LogP contribution in [0.15, 0.2) is 42.5 Å². The number of carbonyl (C=O) groups excluding carboxylic acids is 1. The summed E-state index contributed by atoms with van der Waals surface area (Å²) in [5, 5.41) is 11.3. The van der Waals surface area contributed by atoms with E-state index in [2.05, 4.69) is 5.32 Å². The summed E-state index contributed by atoms with van der Waals surface area (Å²) in [4.78, 5) is 11.9. The molecular formula is C15H11FN2O. The van der Waals surface area contributed by atoms with Crippen LogP contribution in [-0.2, 0) is 0 Å². The second-order valence-corrected chi connectivity index (χ2v) is 4.08. The van der Waals surface area contributed by atoms with Crippen LogP contribution >= 0.6 is 0 Å². The van der Waals surface area contributed by atoms with E-state index < -0.39 is 11.7 Å². The molecule has 0 radical (unpaired) electrons. The van der Waals surface area contributed by atoms with Gasteiger partial charge in [0.05, 0.1) is 17.2 Å². The number of anilines is 1. The molecule has 3 nitrogen and oxygen atoms in total. The Hall–Kier alpha value is -2.67. The van der Waals surface area contributed by atoms with Crippen LogP contribution in [0.4, 0.5) is 10.1 Å². The smallest absolute Gasteiger partial charge is 0.258 e. The molecule has 0 unspecified atom stereocenters. The van der Waals surface area contributed by atoms with Crippen molar-refractivity contribution in [3.8, 4) is 6.07 Å². The van der Waals surface area contributed by atoms with E-state index in [0.29, 0.717) is 16.8 Å². The molecule has 2 aromatic rings. The molecule has 2 aromatic carbocycles. The van der Waals surface area contributed by atoms with Crippen LogP contribution < -0.4 is 5.32 Å². The van der Waals surface area contributed by atoms with Gasteiger partial charge in [-0.2, -0.15) is 5.26 Å². The monoisotopic (exact) mass is 254 g/mol. The van der Waals surface area contributed by atoms with Gasteiger partial charge in [0, 0.05) is 5.69 Å². The van der Waals surface area contributed by atoms with E-state index in [-0.39, 0.29) is 5.56 Å². The maximum Gasteiger partial charge on any atom is 0.258 e. The SMILES string of the molecule is Cc1cccc(C(=O)Nc2ccc(C#N)cc2)c1F. The van der Waals surface area contributed by atoms with Gasteiger partial charge in [0.15, 0.2) is 0 Å². The number of hydrogen-bond donors (Lipinski definition) is 1. The lowest BCUT2D eigenvalue weighted by Crippen LogP contribution is -2.14. The molecule has 19 heavy (non-hydrogen) atoms. The minimum absolute atomic E-state index is 0.00404. The first kappa shape index (κ1) is 12.8. The zero-order chi connectivity index (χ0) is 13.8. The van der Waals surface area contributed by atoms with Crippen molar-refractivity contribution >= 4 is 11.6 Å². The van der Waals surface area contributed by atoms with E-state index in [1.807, 2.05) is 6.07 Å². The average Bonchev–Trinajstić information content (AvgIpc) is 2.42. The molecule has 94 valence electrons. The summed E-state index contributed by atoms with van der Waals surface area (Å²) in [6, 6.07) is 13.0. The third-order valence-corrected chi connectivity index (χ3v) is 2.71. The Morgan fingerprint density at radius 3 is 2.53 bits per heavy atom. The Kier molecular flexibility index (Phi) is 3.58.